The van der Waals surface area contributed by atoms with E-state index >= 15 is 0 Å². The Hall–Kier alpha value is -0.870. The van der Waals surface area contributed by atoms with Crippen molar-refractivity contribution in [2.24, 2.45) is 29.1 Å². The third kappa shape index (κ3) is 1.80. The minimum absolute atomic E-state index is 0.0700. The smallest absolute Gasteiger partial charge is 0.306 e. The van der Waals surface area contributed by atoms with Gasteiger partial charge < -0.3 is 14.2 Å². The van der Waals surface area contributed by atoms with Crippen LogP contribution in [0, 0.1) is 29.1 Å². The molecule has 22 heavy (non-hydrogen) atoms. The van der Waals surface area contributed by atoms with Gasteiger partial charge in [-0.2, -0.15) is 0 Å². The van der Waals surface area contributed by atoms with Gasteiger partial charge >= 0.3 is 5.97 Å². The van der Waals surface area contributed by atoms with E-state index in [4.69, 9.17) is 14.2 Å². The highest BCUT2D eigenvalue weighted by Gasteiger charge is 2.67. The third-order valence-electron chi connectivity index (χ3n) is 6.81. The summed E-state index contributed by atoms with van der Waals surface area (Å²) < 4.78 is 17.4. The molecule has 0 aromatic carbocycles. The van der Waals surface area contributed by atoms with Crippen molar-refractivity contribution in [1.82, 2.24) is 0 Å². The average Bonchev–Trinajstić information content (AvgIpc) is 2.95. The number of esters is 1. The molecule has 4 nitrogen and oxygen atoms in total. The molecule has 0 unspecified atom stereocenters. The lowest BCUT2D eigenvalue weighted by Gasteiger charge is -2.65. The molecule has 5 fully saturated rings. The van der Waals surface area contributed by atoms with E-state index in [2.05, 4.69) is 12.7 Å². The number of carbonyl (C=O) groups is 1. The molecule has 1 saturated heterocycles. The fraction of sp³-hybridized carbons (Fsp3) is 0.833. The Morgan fingerprint density at radius 2 is 1.68 bits per heavy atom. The maximum atomic E-state index is 12.1. The second-order valence-electron chi connectivity index (χ2n) is 7.45. The Kier molecular flexibility index (Phi) is 3.39. The molecule has 1 heterocycles. The number of ether oxygens (including phenoxy) is 3. The molecule has 1 aliphatic heterocycles. The van der Waals surface area contributed by atoms with Crippen LogP contribution in [0.3, 0.4) is 0 Å². The van der Waals surface area contributed by atoms with E-state index in [9.17, 15) is 4.79 Å². The van der Waals surface area contributed by atoms with Crippen molar-refractivity contribution in [2.45, 2.75) is 44.8 Å². The lowest BCUT2D eigenvalue weighted by atomic mass is 9.43. The summed E-state index contributed by atoms with van der Waals surface area (Å²) in [7, 11) is 0. The molecule has 0 radical (unpaired) electrons. The van der Waals surface area contributed by atoms with Crippen molar-refractivity contribution in [3.8, 4) is 0 Å². The standard InChI is InChI=1S/C18H26O4/c1-3-17(11-16(19)20-4-2)12-7-14-9-13(17)10-15(8-12)18(14)21-5-6-22-18/h3,12-15H,1,4-11H2,2H3. The fourth-order valence-electron chi connectivity index (χ4n) is 6.03. The minimum atomic E-state index is -0.301. The zero-order valence-corrected chi connectivity index (χ0v) is 13.4. The van der Waals surface area contributed by atoms with E-state index < -0.39 is 0 Å². The van der Waals surface area contributed by atoms with Gasteiger partial charge in [0.1, 0.15) is 0 Å². The molecule has 4 aliphatic carbocycles. The van der Waals surface area contributed by atoms with Crippen LogP contribution >= 0.6 is 0 Å². The summed E-state index contributed by atoms with van der Waals surface area (Å²) in [5.74, 6) is 1.66. The van der Waals surface area contributed by atoms with Gasteiger partial charge in [0.2, 0.25) is 0 Å². The predicted molar refractivity (Wildman–Crippen MR) is 80.9 cm³/mol. The number of hydrogen-bond donors (Lipinski definition) is 0. The molecule has 5 aliphatic rings. The van der Waals surface area contributed by atoms with Crippen molar-refractivity contribution < 1.29 is 19.0 Å². The Labute approximate surface area is 132 Å². The van der Waals surface area contributed by atoms with Crippen LogP contribution in [0.4, 0.5) is 0 Å². The number of allylic oxidation sites excluding steroid dienone is 1. The quantitative estimate of drug-likeness (QED) is 0.592. The molecule has 0 atom stereocenters. The number of rotatable bonds is 4. The average molecular weight is 306 g/mol. The third-order valence-corrected chi connectivity index (χ3v) is 6.81. The number of carbonyl (C=O) groups excluding carboxylic acids is 1. The Morgan fingerprint density at radius 1 is 1.14 bits per heavy atom. The zero-order chi connectivity index (χ0) is 15.4. The molecule has 0 aromatic heterocycles. The fourth-order valence-corrected chi connectivity index (χ4v) is 6.03. The van der Waals surface area contributed by atoms with Crippen LogP contribution in [0.2, 0.25) is 0 Å². The van der Waals surface area contributed by atoms with Gasteiger partial charge in [-0.25, -0.2) is 0 Å². The summed E-state index contributed by atoms with van der Waals surface area (Å²) in [5.41, 5.74) is -0.0700. The first kappa shape index (κ1) is 14.7. The zero-order valence-electron chi connectivity index (χ0n) is 13.4. The van der Waals surface area contributed by atoms with Crippen molar-refractivity contribution in [3.63, 3.8) is 0 Å². The summed E-state index contributed by atoms with van der Waals surface area (Å²) in [5, 5.41) is 0. The summed E-state index contributed by atoms with van der Waals surface area (Å²) in [6.07, 6.45) is 6.95. The van der Waals surface area contributed by atoms with E-state index in [1.54, 1.807) is 0 Å². The highest BCUT2D eigenvalue weighted by atomic mass is 16.7. The van der Waals surface area contributed by atoms with Gasteiger partial charge in [0.05, 0.1) is 26.2 Å². The van der Waals surface area contributed by atoms with Crippen molar-refractivity contribution in [3.05, 3.63) is 12.7 Å². The Balaban J connectivity index is 1.60. The molecule has 4 saturated carbocycles. The van der Waals surface area contributed by atoms with E-state index in [-0.39, 0.29) is 17.2 Å². The first-order valence-corrected chi connectivity index (χ1v) is 8.71. The first-order chi connectivity index (χ1) is 10.6. The maximum absolute atomic E-state index is 12.1. The van der Waals surface area contributed by atoms with Crippen LogP contribution in [-0.4, -0.2) is 31.6 Å². The Morgan fingerprint density at radius 3 is 2.14 bits per heavy atom. The topological polar surface area (TPSA) is 44.8 Å². The molecule has 0 N–H and O–H groups in total. The maximum Gasteiger partial charge on any atom is 0.306 e. The summed E-state index contributed by atoms with van der Waals surface area (Å²) in [4.78, 5) is 12.1. The summed E-state index contributed by atoms with van der Waals surface area (Å²) in [6.45, 7) is 7.90. The summed E-state index contributed by atoms with van der Waals surface area (Å²) in [6, 6.07) is 0. The van der Waals surface area contributed by atoms with E-state index in [1.165, 1.54) is 0 Å². The van der Waals surface area contributed by atoms with Crippen LogP contribution in [0.25, 0.3) is 0 Å². The first-order valence-electron chi connectivity index (χ1n) is 8.71. The van der Waals surface area contributed by atoms with Gasteiger partial charge in [0, 0.05) is 17.3 Å². The molecule has 5 rings (SSSR count). The predicted octanol–water partition coefficient (Wildman–Crippen LogP) is 2.92. The van der Waals surface area contributed by atoms with Crippen LogP contribution in [0.15, 0.2) is 12.7 Å². The SMILES string of the molecule is C=CC1(CC(=O)OCC)C2CC3CC1CC(C2)C31OCCO1. The molecule has 4 bridgehead atoms. The van der Waals surface area contributed by atoms with Gasteiger partial charge in [0.25, 0.3) is 0 Å². The van der Waals surface area contributed by atoms with Gasteiger partial charge in [-0.15, -0.1) is 6.58 Å². The van der Waals surface area contributed by atoms with Gasteiger partial charge in [-0.05, 0) is 44.4 Å². The van der Waals surface area contributed by atoms with E-state index in [0.717, 1.165) is 38.9 Å². The molecular formula is C18H26O4. The summed E-state index contributed by atoms with van der Waals surface area (Å²) >= 11 is 0. The van der Waals surface area contributed by atoms with Crippen LogP contribution in [0.5, 0.6) is 0 Å². The van der Waals surface area contributed by atoms with Crippen LogP contribution < -0.4 is 0 Å². The largest absolute Gasteiger partial charge is 0.466 e. The van der Waals surface area contributed by atoms with Crippen molar-refractivity contribution >= 4 is 5.97 Å². The highest BCUT2D eigenvalue weighted by Crippen LogP contribution is 2.68. The van der Waals surface area contributed by atoms with Gasteiger partial charge in [0.15, 0.2) is 5.79 Å². The molecule has 0 aromatic rings. The molecule has 4 heteroatoms. The monoisotopic (exact) mass is 306 g/mol. The molecular weight excluding hydrogens is 280 g/mol. The highest BCUT2D eigenvalue weighted by molar-refractivity contribution is 5.71. The molecule has 0 amide bonds. The lowest BCUT2D eigenvalue weighted by Crippen LogP contribution is -2.64. The van der Waals surface area contributed by atoms with E-state index in [0.29, 0.717) is 36.7 Å². The van der Waals surface area contributed by atoms with Crippen LogP contribution in [0.1, 0.15) is 39.0 Å². The second kappa shape index (κ2) is 5.07. The van der Waals surface area contributed by atoms with Gasteiger partial charge in [-0.3, -0.25) is 4.79 Å². The van der Waals surface area contributed by atoms with Gasteiger partial charge in [-0.1, -0.05) is 6.08 Å². The molecule has 1 spiro atoms. The minimum Gasteiger partial charge on any atom is -0.466 e. The van der Waals surface area contributed by atoms with Crippen molar-refractivity contribution in [1.29, 1.82) is 0 Å². The second-order valence-corrected chi connectivity index (χ2v) is 7.45. The Bertz CT molecular complexity index is 445. The molecule has 122 valence electrons. The number of hydrogen-bond acceptors (Lipinski definition) is 4. The van der Waals surface area contributed by atoms with E-state index in [1.807, 2.05) is 6.92 Å². The lowest BCUT2D eigenvalue weighted by molar-refractivity contribution is -0.305. The van der Waals surface area contributed by atoms with Crippen LogP contribution in [-0.2, 0) is 19.0 Å². The normalized spacial score (nSPS) is 44.4. The van der Waals surface area contributed by atoms with Crippen molar-refractivity contribution in [2.75, 3.05) is 19.8 Å².